The van der Waals surface area contributed by atoms with E-state index in [1.165, 1.54) is 19.3 Å². The average Bonchev–Trinajstić information content (AvgIpc) is 2.82. The Morgan fingerprint density at radius 2 is 1.75 bits per heavy atom. The molecule has 1 fully saturated rings. The summed E-state index contributed by atoms with van der Waals surface area (Å²) in [5.74, 6) is 0.423. The molecule has 0 radical (unpaired) electrons. The monoisotopic (exact) mass is 439 g/mol. The van der Waals surface area contributed by atoms with Crippen LogP contribution >= 0.6 is 0 Å². The highest BCUT2D eigenvalue weighted by Gasteiger charge is 2.16. The lowest BCUT2D eigenvalue weighted by molar-refractivity contribution is -0.114. The molecule has 1 aliphatic carbocycles. The lowest BCUT2D eigenvalue weighted by Gasteiger charge is -2.22. The Hall–Kier alpha value is -3.06. The lowest BCUT2D eigenvalue weighted by Crippen LogP contribution is -2.36. The van der Waals surface area contributed by atoms with E-state index in [1.807, 2.05) is 37.3 Å². The van der Waals surface area contributed by atoms with E-state index in [9.17, 15) is 9.59 Å². The summed E-state index contributed by atoms with van der Waals surface area (Å²) in [5.41, 5.74) is 1.98. The van der Waals surface area contributed by atoms with Crippen LogP contribution < -0.4 is 20.7 Å². The Balaban J connectivity index is 1.46. The van der Waals surface area contributed by atoms with Crippen molar-refractivity contribution in [2.45, 2.75) is 45.1 Å². The van der Waals surface area contributed by atoms with Gasteiger partial charge in [-0.15, -0.1) is 0 Å². The minimum atomic E-state index is -0.187. The van der Waals surface area contributed by atoms with E-state index < -0.39 is 0 Å². The van der Waals surface area contributed by atoms with Gasteiger partial charge < -0.3 is 25.4 Å². The Labute approximate surface area is 189 Å². The van der Waals surface area contributed by atoms with Crippen LogP contribution in [0.15, 0.2) is 48.5 Å². The quantitative estimate of drug-likeness (QED) is 0.456. The van der Waals surface area contributed by atoms with E-state index in [4.69, 9.17) is 9.47 Å². The second kappa shape index (κ2) is 12.7. The molecule has 3 rings (SSSR count). The van der Waals surface area contributed by atoms with Crippen molar-refractivity contribution in [3.63, 3.8) is 0 Å². The van der Waals surface area contributed by atoms with E-state index in [-0.39, 0.29) is 24.4 Å². The number of rotatable bonds is 11. The summed E-state index contributed by atoms with van der Waals surface area (Å²) in [6.45, 7) is 3.66. The number of carbonyl (C=O) groups excluding carboxylic acids is 2. The van der Waals surface area contributed by atoms with Gasteiger partial charge in [0.25, 0.3) is 5.91 Å². The van der Waals surface area contributed by atoms with E-state index in [0.29, 0.717) is 36.8 Å². The van der Waals surface area contributed by atoms with Gasteiger partial charge in [0, 0.05) is 35.7 Å². The molecule has 2 aromatic rings. The van der Waals surface area contributed by atoms with Gasteiger partial charge in [-0.05, 0) is 50.1 Å². The molecule has 7 heteroatoms. The smallest absolute Gasteiger partial charge is 0.251 e. The molecule has 0 heterocycles. The van der Waals surface area contributed by atoms with E-state index in [1.54, 1.807) is 18.2 Å². The molecule has 0 aliphatic heterocycles. The van der Waals surface area contributed by atoms with E-state index >= 15 is 0 Å². The van der Waals surface area contributed by atoms with Crippen LogP contribution in [-0.2, 0) is 9.53 Å². The van der Waals surface area contributed by atoms with Gasteiger partial charge >= 0.3 is 0 Å². The highest BCUT2D eigenvalue weighted by molar-refractivity contribution is 5.96. The number of nitrogens with one attached hydrogen (secondary N) is 3. The first kappa shape index (κ1) is 23.6. The zero-order chi connectivity index (χ0) is 22.6. The van der Waals surface area contributed by atoms with Crippen molar-refractivity contribution in [3.8, 4) is 5.75 Å². The predicted octanol–water partition coefficient (Wildman–Crippen LogP) is 4.22. The first-order valence-electron chi connectivity index (χ1n) is 11.4. The third-order valence-corrected chi connectivity index (χ3v) is 5.34. The number of hydrogen-bond acceptors (Lipinski definition) is 5. The standard InChI is InChI=1S/C25H33N3O4/c1-2-31-14-15-32-23-13-7-12-22(17-23)27-24(29)18-26-21-11-6-8-19(16-21)25(30)28-20-9-4-3-5-10-20/h6-8,11-13,16-17,20,26H,2-5,9-10,14-15,18H2,1H3,(H,27,29)(H,28,30). The molecule has 7 nitrogen and oxygen atoms in total. The van der Waals surface area contributed by atoms with Gasteiger partial charge in [-0.1, -0.05) is 31.4 Å². The Bertz CT molecular complexity index is 881. The molecule has 0 atom stereocenters. The third kappa shape index (κ3) is 7.89. The molecular weight excluding hydrogens is 406 g/mol. The van der Waals surface area contributed by atoms with Gasteiger partial charge in [-0.25, -0.2) is 0 Å². The zero-order valence-electron chi connectivity index (χ0n) is 18.7. The summed E-state index contributed by atoms with van der Waals surface area (Å²) in [7, 11) is 0. The second-order valence-corrected chi connectivity index (χ2v) is 7.86. The fraction of sp³-hybridized carbons (Fsp3) is 0.440. The summed E-state index contributed by atoms with van der Waals surface area (Å²) in [4.78, 5) is 24.9. The summed E-state index contributed by atoms with van der Waals surface area (Å²) in [6, 6.07) is 14.7. The molecule has 0 unspecified atom stereocenters. The largest absolute Gasteiger partial charge is 0.491 e. The number of carbonyl (C=O) groups is 2. The zero-order valence-corrected chi connectivity index (χ0v) is 18.7. The molecule has 32 heavy (non-hydrogen) atoms. The summed E-state index contributed by atoms with van der Waals surface area (Å²) in [6.07, 6.45) is 5.68. The van der Waals surface area contributed by atoms with Gasteiger partial charge in [-0.2, -0.15) is 0 Å². The predicted molar refractivity (Wildman–Crippen MR) is 126 cm³/mol. The first-order chi connectivity index (χ1) is 15.6. The highest BCUT2D eigenvalue weighted by atomic mass is 16.5. The van der Waals surface area contributed by atoms with Crippen molar-refractivity contribution < 1.29 is 19.1 Å². The average molecular weight is 440 g/mol. The number of ether oxygens (including phenoxy) is 2. The number of benzene rings is 2. The van der Waals surface area contributed by atoms with Gasteiger partial charge in [0.15, 0.2) is 0 Å². The Kier molecular flexibility index (Phi) is 9.37. The second-order valence-electron chi connectivity index (χ2n) is 7.86. The van der Waals surface area contributed by atoms with Crippen LogP contribution in [0.5, 0.6) is 5.75 Å². The highest BCUT2D eigenvalue weighted by Crippen LogP contribution is 2.19. The van der Waals surface area contributed by atoms with Crippen LogP contribution in [0.1, 0.15) is 49.4 Å². The molecule has 0 spiro atoms. The molecule has 3 N–H and O–H groups in total. The lowest BCUT2D eigenvalue weighted by atomic mass is 9.95. The Morgan fingerprint density at radius 1 is 0.969 bits per heavy atom. The molecular formula is C25H33N3O4. The van der Waals surface area contributed by atoms with Crippen molar-refractivity contribution in [1.29, 1.82) is 0 Å². The SMILES string of the molecule is CCOCCOc1cccc(NC(=O)CNc2cccc(C(=O)NC3CCCCC3)c2)c1. The maximum absolute atomic E-state index is 12.5. The first-order valence-corrected chi connectivity index (χ1v) is 11.4. The summed E-state index contributed by atoms with van der Waals surface area (Å²) in [5, 5.41) is 9.06. The molecule has 0 saturated heterocycles. The van der Waals surface area contributed by atoms with Crippen molar-refractivity contribution in [2.75, 3.05) is 37.0 Å². The van der Waals surface area contributed by atoms with Crippen LogP contribution in [-0.4, -0.2) is 44.2 Å². The van der Waals surface area contributed by atoms with Gasteiger partial charge in [0.2, 0.25) is 5.91 Å². The summed E-state index contributed by atoms with van der Waals surface area (Å²) < 4.78 is 10.9. The summed E-state index contributed by atoms with van der Waals surface area (Å²) >= 11 is 0. The third-order valence-electron chi connectivity index (χ3n) is 5.34. The van der Waals surface area contributed by atoms with Crippen molar-refractivity contribution in [2.24, 2.45) is 0 Å². The van der Waals surface area contributed by atoms with Crippen molar-refractivity contribution in [1.82, 2.24) is 5.32 Å². The fourth-order valence-corrected chi connectivity index (χ4v) is 3.70. The van der Waals surface area contributed by atoms with E-state index in [2.05, 4.69) is 16.0 Å². The van der Waals surface area contributed by atoms with Gasteiger partial charge in [0.1, 0.15) is 12.4 Å². The van der Waals surface area contributed by atoms with E-state index in [0.717, 1.165) is 18.5 Å². The van der Waals surface area contributed by atoms with Crippen LogP contribution in [0, 0.1) is 0 Å². The molecule has 2 aromatic carbocycles. The minimum Gasteiger partial charge on any atom is -0.491 e. The van der Waals surface area contributed by atoms with Crippen LogP contribution in [0.2, 0.25) is 0 Å². The number of amides is 2. The normalized spacial score (nSPS) is 13.9. The minimum absolute atomic E-state index is 0.0637. The molecule has 2 amide bonds. The van der Waals surface area contributed by atoms with Crippen molar-refractivity contribution >= 4 is 23.2 Å². The maximum atomic E-state index is 12.5. The number of hydrogen-bond donors (Lipinski definition) is 3. The van der Waals surface area contributed by atoms with Crippen LogP contribution in [0.25, 0.3) is 0 Å². The van der Waals surface area contributed by atoms with Crippen LogP contribution in [0.3, 0.4) is 0 Å². The van der Waals surface area contributed by atoms with Crippen molar-refractivity contribution in [3.05, 3.63) is 54.1 Å². The molecule has 0 bridgehead atoms. The van der Waals surface area contributed by atoms with Crippen LogP contribution in [0.4, 0.5) is 11.4 Å². The Morgan fingerprint density at radius 3 is 2.56 bits per heavy atom. The molecule has 1 aliphatic rings. The molecule has 1 saturated carbocycles. The van der Waals surface area contributed by atoms with Gasteiger partial charge in [0.05, 0.1) is 13.2 Å². The molecule has 0 aromatic heterocycles. The van der Waals surface area contributed by atoms with Gasteiger partial charge in [-0.3, -0.25) is 9.59 Å². The molecule has 172 valence electrons. The fourth-order valence-electron chi connectivity index (χ4n) is 3.70. The topological polar surface area (TPSA) is 88.7 Å². The maximum Gasteiger partial charge on any atom is 0.251 e. The number of anilines is 2.